The quantitative estimate of drug-likeness (QED) is 0.784. The van der Waals surface area contributed by atoms with E-state index in [1.54, 1.807) is 16.7 Å². The highest BCUT2D eigenvalue weighted by Gasteiger charge is 2.26. The summed E-state index contributed by atoms with van der Waals surface area (Å²) in [6.45, 7) is 1.36. The third-order valence-electron chi connectivity index (χ3n) is 3.16. The van der Waals surface area contributed by atoms with Crippen LogP contribution in [0, 0.1) is 0 Å². The molecule has 0 aliphatic carbocycles. The molecular weight excluding hydrogens is 246 g/mol. The van der Waals surface area contributed by atoms with Crippen LogP contribution in [0.5, 0.6) is 0 Å². The summed E-state index contributed by atoms with van der Waals surface area (Å²) in [6, 6.07) is 8.32. The molecule has 98 valence electrons. The molecule has 2 rings (SSSR count). The highest BCUT2D eigenvalue weighted by Crippen LogP contribution is 2.18. The second-order valence-corrected chi connectivity index (χ2v) is 5.42. The van der Waals surface area contributed by atoms with Gasteiger partial charge in [-0.15, -0.1) is 11.8 Å². The second kappa shape index (κ2) is 6.25. The zero-order valence-electron chi connectivity index (χ0n) is 10.9. The van der Waals surface area contributed by atoms with Gasteiger partial charge in [0, 0.05) is 25.1 Å². The number of hydrogen-bond donors (Lipinski definition) is 0. The van der Waals surface area contributed by atoms with Gasteiger partial charge in [-0.05, 0) is 36.8 Å². The Balaban J connectivity index is 1.92. The van der Waals surface area contributed by atoms with E-state index in [9.17, 15) is 4.79 Å². The molecule has 1 aromatic carbocycles. The van der Waals surface area contributed by atoms with Gasteiger partial charge in [-0.2, -0.15) is 0 Å². The van der Waals surface area contributed by atoms with Gasteiger partial charge in [0.15, 0.2) is 0 Å². The van der Waals surface area contributed by atoms with Gasteiger partial charge in [0.05, 0.1) is 0 Å². The molecule has 0 bridgehead atoms. The van der Waals surface area contributed by atoms with Crippen molar-refractivity contribution < 1.29 is 9.53 Å². The lowest BCUT2D eigenvalue weighted by Crippen LogP contribution is -2.35. The summed E-state index contributed by atoms with van der Waals surface area (Å²) in [7, 11) is 1.84. The van der Waals surface area contributed by atoms with Crippen molar-refractivity contribution in [2.24, 2.45) is 0 Å². The minimum atomic E-state index is -0.222. The fourth-order valence-electron chi connectivity index (χ4n) is 2.10. The van der Waals surface area contributed by atoms with Crippen LogP contribution in [-0.2, 0) is 16.1 Å². The minimum absolute atomic E-state index is 0.0986. The van der Waals surface area contributed by atoms with Crippen LogP contribution in [0.3, 0.4) is 0 Å². The van der Waals surface area contributed by atoms with Crippen molar-refractivity contribution in [1.82, 2.24) is 4.90 Å². The van der Waals surface area contributed by atoms with Crippen molar-refractivity contribution in [2.75, 3.05) is 19.9 Å². The van der Waals surface area contributed by atoms with E-state index in [0.717, 1.165) is 18.4 Å². The molecule has 1 aliphatic heterocycles. The summed E-state index contributed by atoms with van der Waals surface area (Å²) >= 11 is 1.72. The van der Waals surface area contributed by atoms with Crippen molar-refractivity contribution in [3.8, 4) is 0 Å². The number of carbonyl (C=O) groups is 1. The van der Waals surface area contributed by atoms with E-state index in [2.05, 4.69) is 30.5 Å². The lowest BCUT2D eigenvalue weighted by atomic mass is 10.2. The van der Waals surface area contributed by atoms with Crippen LogP contribution in [0.1, 0.15) is 18.4 Å². The molecule has 1 heterocycles. The van der Waals surface area contributed by atoms with Crippen molar-refractivity contribution in [1.29, 1.82) is 0 Å². The number of nitrogens with zero attached hydrogens (tertiary/aromatic N) is 1. The fourth-order valence-corrected chi connectivity index (χ4v) is 2.51. The number of ether oxygens (including phenoxy) is 1. The Bertz CT molecular complexity index is 399. The Hall–Kier alpha value is -1.00. The van der Waals surface area contributed by atoms with Gasteiger partial charge in [0.2, 0.25) is 0 Å². The van der Waals surface area contributed by atoms with Gasteiger partial charge in [-0.1, -0.05) is 12.1 Å². The average Bonchev–Trinajstić information content (AvgIpc) is 2.92. The SMILES string of the molecule is CSc1ccc(CN(C)C(=O)[C@H]2CCCO2)cc1. The van der Waals surface area contributed by atoms with Crippen molar-refractivity contribution in [3.05, 3.63) is 29.8 Å². The molecule has 0 unspecified atom stereocenters. The molecule has 1 saturated heterocycles. The first-order chi connectivity index (χ1) is 8.70. The van der Waals surface area contributed by atoms with Crippen LogP contribution < -0.4 is 0 Å². The third kappa shape index (κ3) is 3.27. The smallest absolute Gasteiger partial charge is 0.251 e. The summed E-state index contributed by atoms with van der Waals surface area (Å²) < 4.78 is 5.42. The average molecular weight is 265 g/mol. The summed E-state index contributed by atoms with van der Waals surface area (Å²) in [5.41, 5.74) is 1.15. The Labute approximate surface area is 113 Å². The monoisotopic (exact) mass is 265 g/mol. The second-order valence-electron chi connectivity index (χ2n) is 4.54. The largest absolute Gasteiger partial charge is 0.368 e. The van der Waals surface area contributed by atoms with Gasteiger partial charge in [-0.25, -0.2) is 0 Å². The molecule has 1 amide bonds. The normalized spacial score (nSPS) is 18.9. The van der Waals surface area contributed by atoms with Gasteiger partial charge in [0.25, 0.3) is 5.91 Å². The molecular formula is C14H19NO2S. The first kappa shape index (κ1) is 13.4. The van der Waals surface area contributed by atoms with Gasteiger partial charge >= 0.3 is 0 Å². The molecule has 18 heavy (non-hydrogen) atoms. The summed E-state index contributed by atoms with van der Waals surface area (Å²) in [5, 5.41) is 0. The Morgan fingerprint density at radius 1 is 1.44 bits per heavy atom. The Morgan fingerprint density at radius 2 is 2.17 bits per heavy atom. The maximum Gasteiger partial charge on any atom is 0.251 e. The molecule has 0 radical (unpaired) electrons. The molecule has 1 atom stereocenters. The van der Waals surface area contributed by atoms with E-state index in [-0.39, 0.29) is 12.0 Å². The number of thioether (sulfide) groups is 1. The number of amides is 1. The molecule has 3 nitrogen and oxygen atoms in total. The topological polar surface area (TPSA) is 29.5 Å². The van der Waals surface area contributed by atoms with E-state index in [4.69, 9.17) is 4.74 Å². The highest BCUT2D eigenvalue weighted by molar-refractivity contribution is 7.98. The number of hydrogen-bond acceptors (Lipinski definition) is 3. The molecule has 0 aromatic heterocycles. The standard InChI is InChI=1S/C14H19NO2S/c1-15(14(16)13-4-3-9-17-13)10-11-5-7-12(18-2)8-6-11/h5-8,13H,3-4,9-10H2,1-2H3/t13-/m1/s1. The van der Waals surface area contributed by atoms with E-state index >= 15 is 0 Å². The molecule has 0 saturated carbocycles. The third-order valence-corrected chi connectivity index (χ3v) is 3.90. The van der Waals surface area contributed by atoms with Crippen LogP contribution in [0.15, 0.2) is 29.2 Å². The molecule has 1 aromatic rings. The van der Waals surface area contributed by atoms with Gasteiger partial charge < -0.3 is 9.64 Å². The van der Waals surface area contributed by atoms with Gasteiger partial charge in [-0.3, -0.25) is 4.79 Å². The Kier molecular flexibility index (Phi) is 4.66. The van der Waals surface area contributed by atoms with E-state index < -0.39 is 0 Å². The maximum absolute atomic E-state index is 12.1. The predicted octanol–water partition coefficient (Wildman–Crippen LogP) is 2.55. The van der Waals surface area contributed by atoms with Crippen LogP contribution in [-0.4, -0.2) is 36.8 Å². The molecule has 4 heteroatoms. The molecule has 1 aliphatic rings. The number of likely N-dealkylation sites (N-methyl/N-ethyl adjacent to an activating group) is 1. The van der Waals surface area contributed by atoms with E-state index in [0.29, 0.717) is 13.2 Å². The maximum atomic E-state index is 12.1. The molecule has 0 N–H and O–H groups in total. The predicted molar refractivity (Wildman–Crippen MR) is 73.7 cm³/mol. The first-order valence-corrected chi connectivity index (χ1v) is 7.42. The van der Waals surface area contributed by atoms with Crippen LogP contribution in [0.2, 0.25) is 0 Å². The number of benzene rings is 1. The zero-order chi connectivity index (χ0) is 13.0. The van der Waals surface area contributed by atoms with Crippen LogP contribution >= 0.6 is 11.8 Å². The van der Waals surface area contributed by atoms with Gasteiger partial charge in [0.1, 0.15) is 6.10 Å². The first-order valence-electron chi connectivity index (χ1n) is 6.20. The number of carbonyl (C=O) groups excluding carboxylic acids is 1. The lowest BCUT2D eigenvalue weighted by molar-refractivity contribution is -0.140. The van der Waals surface area contributed by atoms with Crippen LogP contribution in [0.25, 0.3) is 0 Å². The molecule has 1 fully saturated rings. The lowest BCUT2D eigenvalue weighted by Gasteiger charge is -2.20. The Morgan fingerprint density at radius 3 is 2.72 bits per heavy atom. The molecule has 0 spiro atoms. The van der Waals surface area contributed by atoms with E-state index in [1.165, 1.54) is 4.90 Å². The summed E-state index contributed by atoms with van der Waals surface area (Å²) in [5.74, 6) is 0.0986. The minimum Gasteiger partial charge on any atom is -0.368 e. The summed E-state index contributed by atoms with van der Waals surface area (Å²) in [6.07, 6.45) is 3.68. The number of rotatable bonds is 4. The fraction of sp³-hybridized carbons (Fsp3) is 0.500. The summed E-state index contributed by atoms with van der Waals surface area (Å²) in [4.78, 5) is 15.1. The van der Waals surface area contributed by atoms with Crippen molar-refractivity contribution in [3.63, 3.8) is 0 Å². The van der Waals surface area contributed by atoms with Crippen molar-refractivity contribution >= 4 is 17.7 Å². The van der Waals surface area contributed by atoms with E-state index in [1.807, 2.05) is 7.05 Å². The van der Waals surface area contributed by atoms with Crippen LogP contribution in [0.4, 0.5) is 0 Å². The zero-order valence-corrected chi connectivity index (χ0v) is 11.7. The van der Waals surface area contributed by atoms with Crippen molar-refractivity contribution in [2.45, 2.75) is 30.4 Å². The highest BCUT2D eigenvalue weighted by atomic mass is 32.2.